The summed E-state index contributed by atoms with van der Waals surface area (Å²) in [6.07, 6.45) is 3.22. The Morgan fingerprint density at radius 2 is 1.80 bits per heavy atom. The van der Waals surface area contributed by atoms with Crippen LogP contribution in [0.25, 0.3) is 0 Å². The van der Waals surface area contributed by atoms with E-state index in [1.807, 2.05) is 0 Å². The van der Waals surface area contributed by atoms with Gasteiger partial charge in [0, 0.05) is 29.0 Å². The first-order valence-corrected chi connectivity index (χ1v) is 9.24. The number of rotatable bonds is 5. The second-order valence-electron chi connectivity index (χ2n) is 5.34. The van der Waals surface area contributed by atoms with Gasteiger partial charge >= 0.3 is 0 Å². The third kappa shape index (κ3) is 6.39. The van der Waals surface area contributed by atoms with E-state index in [4.69, 9.17) is 4.43 Å². The number of halogens is 1. The van der Waals surface area contributed by atoms with E-state index in [1.165, 1.54) is 0 Å². The third-order valence-electron chi connectivity index (χ3n) is 3.03. The van der Waals surface area contributed by atoms with Crippen molar-refractivity contribution in [3.8, 4) is 10.8 Å². The van der Waals surface area contributed by atoms with Crippen molar-refractivity contribution in [2.45, 2.75) is 58.2 Å². The molecule has 0 radical (unpaired) electrons. The Balaban J connectivity index is 3.70. The largest absolute Gasteiger partial charge is 0.417 e. The van der Waals surface area contributed by atoms with E-state index >= 15 is 0 Å². The van der Waals surface area contributed by atoms with E-state index in [9.17, 15) is 0 Å². The number of unbranched alkanes of at least 4 members (excludes halogenated alkanes) is 2. The summed E-state index contributed by atoms with van der Waals surface area (Å²) < 4.78 is 6.05. The molecule has 0 aliphatic rings. The van der Waals surface area contributed by atoms with Gasteiger partial charge in [-0.3, -0.25) is 0 Å². The van der Waals surface area contributed by atoms with Crippen LogP contribution < -0.4 is 0 Å². The Kier molecular flexibility index (Phi) is 6.82. The quantitative estimate of drug-likeness (QED) is 0.410. The molecule has 0 rings (SSSR count). The van der Waals surface area contributed by atoms with Gasteiger partial charge < -0.3 is 4.43 Å². The van der Waals surface area contributed by atoms with Gasteiger partial charge in [-0.15, -0.1) is 0 Å². The second kappa shape index (κ2) is 6.73. The number of hydrogen-bond acceptors (Lipinski definition) is 1. The molecule has 0 fully saturated rings. The van der Waals surface area contributed by atoms with Crippen LogP contribution in [0.3, 0.4) is 0 Å². The summed E-state index contributed by atoms with van der Waals surface area (Å²) in [6.45, 7) is 12.3. The van der Waals surface area contributed by atoms with Crippen LogP contribution in [0.15, 0.2) is 0 Å². The molecule has 88 valence electrons. The van der Waals surface area contributed by atoms with Crippen LogP contribution in [0.4, 0.5) is 0 Å². The summed E-state index contributed by atoms with van der Waals surface area (Å²) in [5.74, 6) is 3.00. The van der Waals surface area contributed by atoms with Crippen molar-refractivity contribution >= 4 is 24.2 Å². The van der Waals surface area contributed by atoms with Gasteiger partial charge in [-0.2, -0.15) is 0 Å². The first kappa shape index (κ1) is 15.2. The fraction of sp³-hybridized carbons (Fsp3) is 0.833. The Hall–Kier alpha value is 0.217. The molecule has 0 N–H and O–H groups in total. The van der Waals surface area contributed by atoms with Gasteiger partial charge in [0.15, 0.2) is 8.32 Å². The normalized spacial score (nSPS) is 12.1. The van der Waals surface area contributed by atoms with Crippen LogP contribution in [-0.2, 0) is 4.43 Å². The predicted octanol–water partition coefficient (Wildman–Crippen LogP) is 4.53. The SMILES string of the molecule is CC(C)(C)[Si](C)(C)OCCCCC#C[76Br]. The third-order valence-corrected chi connectivity index (χ3v) is 7.85. The van der Waals surface area contributed by atoms with E-state index in [2.05, 4.69) is 60.5 Å². The zero-order valence-corrected chi connectivity index (χ0v) is 13.2. The molecule has 3 heteroatoms. The Labute approximate surface area is 104 Å². The molecule has 0 atom stereocenters. The zero-order valence-electron chi connectivity index (χ0n) is 10.6. The monoisotopic (exact) mass is 287 g/mol. The summed E-state index contributed by atoms with van der Waals surface area (Å²) in [6, 6.07) is 0. The molecular formula is C12H23BrOSi. The highest BCUT2D eigenvalue weighted by molar-refractivity contribution is 9.12. The molecule has 0 amide bonds. The van der Waals surface area contributed by atoms with Crippen molar-refractivity contribution in [2.75, 3.05) is 6.61 Å². The highest BCUT2D eigenvalue weighted by Crippen LogP contribution is 2.36. The topological polar surface area (TPSA) is 9.23 Å². The van der Waals surface area contributed by atoms with Gasteiger partial charge in [-0.05, 0) is 35.8 Å². The molecule has 0 aromatic rings. The van der Waals surface area contributed by atoms with Crippen molar-refractivity contribution < 1.29 is 4.43 Å². The van der Waals surface area contributed by atoms with Gasteiger partial charge in [0.1, 0.15) is 0 Å². The van der Waals surface area contributed by atoms with Crippen LogP contribution in [0.1, 0.15) is 40.0 Å². The Morgan fingerprint density at radius 1 is 1.20 bits per heavy atom. The number of hydrogen-bond donors (Lipinski definition) is 0. The molecule has 0 aromatic heterocycles. The minimum atomic E-state index is -1.52. The van der Waals surface area contributed by atoms with Crippen LogP contribution in [0.2, 0.25) is 18.1 Å². The van der Waals surface area contributed by atoms with Gasteiger partial charge in [0.05, 0.1) is 0 Å². The van der Waals surface area contributed by atoms with E-state index in [-0.39, 0.29) is 0 Å². The van der Waals surface area contributed by atoms with E-state index in [0.29, 0.717) is 5.04 Å². The van der Waals surface area contributed by atoms with Gasteiger partial charge in [0.2, 0.25) is 0 Å². The van der Waals surface area contributed by atoms with Crippen LogP contribution >= 0.6 is 15.9 Å². The maximum absolute atomic E-state index is 6.05. The highest BCUT2D eigenvalue weighted by atomic mass is 75.9. The Morgan fingerprint density at radius 3 is 2.27 bits per heavy atom. The van der Waals surface area contributed by atoms with Crippen molar-refractivity contribution in [1.82, 2.24) is 0 Å². The second-order valence-corrected chi connectivity index (χ2v) is 10.5. The van der Waals surface area contributed by atoms with E-state index < -0.39 is 8.32 Å². The van der Waals surface area contributed by atoms with E-state index in [0.717, 1.165) is 25.9 Å². The average molecular weight is 287 g/mol. The zero-order chi connectivity index (χ0) is 11.9. The molecule has 1 nitrogen and oxygen atoms in total. The molecule has 0 spiro atoms. The molecule has 0 bridgehead atoms. The van der Waals surface area contributed by atoms with Crippen molar-refractivity contribution in [1.29, 1.82) is 0 Å². The average Bonchev–Trinajstić information content (AvgIpc) is 2.09. The maximum atomic E-state index is 6.05. The molecule has 15 heavy (non-hydrogen) atoms. The minimum absolute atomic E-state index is 0.322. The lowest BCUT2D eigenvalue weighted by atomic mass is 10.2. The molecule has 0 saturated carbocycles. The van der Waals surface area contributed by atoms with Gasteiger partial charge in [-0.25, -0.2) is 0 Å². The summed E-state index contributed by atoms with van der Waals surface area (Å²) in [5, 5.41) is 0.322. The van der Waals surface area contributed by atoms with Crippen LogP contribution in [0, 0.1) is 10.8 Å². The molecule has 0 aliphatic heterocycles. The first-order valence-electron chi connectivity index (χ1n) is 5.54. The molecule has 0 aliphatic carbocycles. The lowest BCUT2D eigenvalue weighted by Gasteiger charge is -2.36. The maximum Gasteiger partial charge on any atom is 0.191 e. The molecule has 0 heterocycles. The Bertz CT molecular complexity index is 232. The smallest absolute Gasteiger partial charge is 0.191 e. The minimum Gasteiger partial charge on any atom is -0.417 e. The first-order chi connectivity index (χ1) is 6.81. The lowest BCUT2D eigenvalue weighted by molar-refractivity contribution is 0.280. The molecule has 0 saturated heterocycles. The summed E-state index contributed by atoms with van der Waals surface area (Å²) >= 11 is 3.09. The van der Waals surface area contributed by atoms with Gasteiger partial charge in [-0.1, -0.05) is 26.7 Å². The predicted molar refractivity (Wildman–Crippen MR) is 73.7 cm³/mol. The highest BCUT2D eigenvalue weighted by Gasteiger charge is 2.36. The summed E-state index contributed by atoms with van der Waals surface area (Å²) in [5.41, 5.74) is 0. The standard InChI is InChI=1S/C12H23BrOSi/c1-12(2,3)15(4,5)14-11-9-7-6-8-10-13/h6-7,9,11H2,1-5H3/i13-4. The summed E-state index contributed by atoms with van der Waals surface area (Å²) in [4.78, 5) is 2.73. The molecule has 0 unspecified atom stereocenters. The fourth-order valence-electron chi connectivity index (χ4n) is 0.907. The molecular weight excluding hydrogens is 264 g/mol. The van der Waals surface area contributed by atoms with Crippen molar-refractivity contribution in [2.24, 2.45) is 0 Å². The van der Waals surface area contributed by atoms with Gasteiger partial charge in [0.25, 0.3) is 0 Å². The molecule has 0 aromatic carbocycles. The van der Waals surface area contributed by atoms with Crippen LogP contribution in [-0.4, -0.2) is 14.9 Å². The van der Waals surface area contributed by atoms with Crippen LogP contribution in [0.5, 0.6) is 0 Å². The van der Waals surface area contributed by atoms with Crippen molar-refractivity contribution in [3.63, 3.8) is 0 Å². The fourth-order valence-corrected chi connectivity index (χ4v) is 2.19. The lowest BCUT2D eigenvalue weighted by Crippen LogP contribution is -2.40. The summed E-state index contributed by atoms with van der Waals surface area (Å²) in [7, 11) is -1.52. The van der Waals surface area contributed by atoms with E-state index in [1.54, 1.807) is 0 Å². The van der Waals surface area contributed by atoms with Crippen molar-refractivity contribution in [3.05, 3.63) is 0 Å².